The molecule has 5 nitrogen and oxygen atoms in total. The highest BCUT2D eigenvalue weighted by Crippen LogP contribution is 2.27. The van der Waals surface area contributed by atoms with Crippen molar-refractivity contribution in [2.75, 3.05) is 26.2 Å². The SMILES string of the molecule is CC(C)(C)OC(=O)N1CC(F)OC2(CNC2)C1. The van der Waals surface area contributed by atoms with E-state index in [2.05, 4.69) is 5.32 Å². The summed E-state index contributed by atoms with van der Waals surface area (Å²) in [6, 6.07) is 0. The maximum absolute atomic E-state index is 13.4. The van der Waals surface area contributed by atoms with Gasteiger partial charge in [0.1, 0.15) is 11.2 Å². The van der Waals surface area contributed by atoms with Gasteiger partial charge in [0.15, 0.2) is 0 Å². The summed E-state index contributed by atoms with van der Waals surface area (Å²) in [5, 5.41) is 3.03. The van der Waals surface area contributed by atoms with Gasteiger partial charge < -0.3 is 14.8 Å². The molecule has 2 aliphatic heterocycles. The van der Waals surface area contributed by atoms with E-state index in [0.29, 0.717) is 19.6 Å². The van der Waals surface area contributed by atoms with Crippen LogP contribution in [0.4, 0.5) is 9.18 Å². The van der Waals surface area contributed by atoms with Crippen LogP contribution in [0.5, 0.6) is 0 Å². The largest absolute Gasteiger partial charge is 0.444 e. The zero-order valence-corrected chi connectivity index (χ0v) is 10.5. The van der Waals surface area contributed by atoms with Gasteiger partial charge in [0, 0.05) is 13.1 Å². The number of amides is 1. The van der Waals surface area contributed by atoms with Gasteiger partial charge in [-0.05, 0) is 20.8 Å². The highest BCUT2D eigenvalue weighted by molar-refractivity contribution is 5.68. The average molecular weight is 246 g/mol. The minimum absolute atomic E-state index is 0.0589. The van der Waals surface area contributed by atoms with E-state index in [-0.39, 0.29) is 6.54 Å². The smallest absolute Gasteiger partial charge is 0.410 e. The lowest BCUT2D eigenvalue weighted by Crippen LogP contribution is -2.70. The van der Waals surface area contributed by atoms with Crippen molar-refractivity contribution in [3.8, 4) is 0 Å². The lowest BCUT2D eigenvalue weighted by molar-refractivity contribution is -0.213. The zero-order valence-electron chi connectivity index (χ0n) is 10.5. The van der Waals surface area contributed by atoms with Crippen LogP contribution < -0.4 is 5.32 Å². The van der Waals surface area contributed by atoms with E-state index < -0.39 is 23.7 Å². The zero-order chi connectivity index (χ0) is 12.7. The molecule has 0 saturated carbocycles. The Morgan fingerprint density at radius 3 is 2.65 bits per heavy atom. The normalized spacial score (nSPS) is 27.8. The van der Waals surface area contributed by atoms with Crippen LogP contribution in [0.25, 0.3) is 0 Å². The van der Waals surface area contributed by atoms with Crippen molar-refractivity contribution < 1.29 is 18.7 Å². The van der Waals surface area contributed by atoms with Gasteiger partial charge in [0.05, 0.1) is 13.1 Å². The number of hydrogen-bond donors (Lipinski definition) is 1. The van der Waals surface area contributed by atoms with Crippen molar-refractivity contribution in [1.82, 2.24) is 10.2 Å². The summed E-state index contributed by atoms with van der Waals surface area (Å²) < 4.78 is 23.9. The molecule has 98 valence electrons. The highest BCUT2D eigenvalue weighted by Gasteiger charge is 2.47. The number of halogens is 1. The molecule has 1 unspecified atom stereocenters. The van der Waals surface area contributed by atoms with Crippen LogP contribution in [0.15, 0.2) is 0 Å². The van der Waals surface area contributed by atoms with Crippen LogP contribution in [-0.2, 0) is 9.47 Å². The van der Waals surface area contributed by atoms with E-state index in [1.54, 1.807) is 20.8 Å². The summed E-state index contributed by atoms with van der Waals surface area (Å²) in [5.41, 5.74) is -1.12. The third-order valence-corrected chi connectivity index (χ3v) is 2.77. The summed E-state index contributed by atoms with van der Waals surface area (Å²) >= 11 is 0. The van der Waals surface area contributed by atoms with Gasteiger partial charge in [-0.2, -0.15) is 0 Å². The molecule has 1 spiro atoms. The molecule has 2 fully saturated rings. The minimum Gasteiger partial charge on any atom is -0.444 e. The summed E-state index contributed by atoms with van der Waals surface area (Å²) in [4.78, 5) is 13.2. The van der Waals surface area contributed by atoms with Gasteiger partial charge in [-0.3, -0.25) is 4.90 Å². The predicted octanol–water partition coefficient (Wildman–Crippen LogP) is 0.891. The van der Waals surface area contributed by atoms with Gasteiger partial charge in [-0.25, -0.2) is 9.18 Å². The molecular formula is C11H19FN2O3. The molecule has 1 atom stereocenters. The first kappa shape index (κ1) is 12.6. The fourth-order valence-electron chi connectivity index (χ4n) is 2.00. The standard InChI is InChI=1S/C11H19FN2O3/c1-10(2,3)17-9(15)14-4-8(12)16-11(7-14)5-13-6-11/h8,13H,4-7H2,1-3H3. The number of nitrogens with one attached hydrogen (secondary N) is 1. The Morgan fingerprint density at radius 2 is 2.18 bits per heavy atom. The molecule has 2 heterocycles. The van der Waals surface area contributed by atoms with Gasteiger partial charge in [-0.15, -0.1) is 0 Å². The Morgan fingerprint density at radius 1 is 1.53 bits per heavy atom. The topological polar surface area (TPSA) is 50.8 Å². The Balaban J connectivity index is 1.98. The molecule has 1 N–H and O–H groups in total. The molecule has 2 rings (SSSR count). The van der Waals surface area contributed by atoms with Crippen LogP contribution in [0.3, 0.4) is 0 Å². The molecule has 0 radical (unpaired) electrons. The highest BCUT2D eigenvalue weighted by atomic mass is 19.1. The molecule has 1 amide bonds. The molecular weight excluding hydrogens is 227 g/mol. The van der Waals surface area contributed by atoms with E-state index in [1.165, 1.54) is 4.90 Å². The summed E-state index contributed by atoms with van der Waals surface area (Å²) in [6.07, 6.45) is -1.91. The van der Waals surface area contributed by atoms with E-state index in [0.717, 1.165) is 0 Å². The first-order chi connectivity index (χ1) is 7.80. The van der Waals surface area contributed by atoms with Crippen molar-refractivity contribution in [3.63, 3.8) is 0 Å². The fraction of sp³-hybridized carbons (Fsp3) is 0.909. The number of carbonyl (C=O) groups is 1. The van der Waals surface area contributed by atoms with Crippen LogP contribution >= 0.6 is 0 Å². The molecule has 2 aliphatic rings. The number of hydrogen-bond acceptors (Lipinski definition) is 4. The number of rotatable bonds is 0. The molecule has 6 heteroatoms. The Labute approximate surface area is 100 Å². The first-order valence-corrected chi connectivity index (χ1v) is 5.80. The maximum Gasteiger partial charge on any atom is 0.410 e. The molecule has 17 heavy (non-hydrogen) atoms. The average Bonchev–Trinajstić information content (AvgIpc) is 2.11. The van der Waals surface area contributed by atoms with Crippen molar-refractivity contribution in [2.45, 2.75) is 38.3 Å². The van der Waals surface area contributed by atoms with E-state index in [9.17, 15) is 9.18 Å². The molecule has 0 aromatic rings. The van der Waals surface area contributed by atoms with Crippen molar-refractivity contribution in [1.29, 1.82) is 0 Å². The van der Waals surface area contributed by atoms with Gasteiger partial charge in [0.2, 0.25) is 6.36 Å². The summed E-state index contributed by atoms with van der Waals surface area (Å²) in [6.45, 7) is 6.85. The van der Waals surface area contributed by atoms with E-state index in [4.69, 9.17) is 9.47 Å². The third kappa shape index (κ3) is 2.87. The maximum atomic E-state index is 13.4. The fourth-order valence-corrected chi connectivity index (χ4v) is 2.00. The molecule has 0 aromatic heterocycles. The monoisotopic (exact) mass is 246 g/mol. The van der Waals surface area contributed by atoms with Crippen molar-refractivity contribution in [3.05, 3.63) is 0 Å². The van der Waals surface area contributed by atoms with Crippen LogP contribution in [-0.4, -0.2) is 54.7 Å². The quantitative estimate of drug-likeness (QED) is 0.689. The minimum atomic E-state index is -1.43. The third-order valence-electron chi connectivity index (χ3n) is 2.77. The molecule has 0 bridgehead atoms. The number of carbonyl (C=O) groups excluding carboxylic acids is 1. The first-order valence-electron chi connectivity index (χ1n) is 5.80. The second-order valence-corrected chi connectivity index (χ2v) is 5.68. The number of ether oxygens (including phenoxy) is 2. The van der Waals surface area contributed by atoms with Crippen LogP contribution in [0.1, 0.15) is 20.8 Å². The van der Waals surface area contributed by atoms with Gasteiger partial charge in [0.25, 0.3) is 0 Å². The summed E-state index contributed by atoms with van der Waals surface area (Å²) in [7, 11) is 0. The number of nitrogens with zero attached hydrogens (tertiary/aromatic N) is 1. The Kier molecular flexibility index (Phi) is 3.03. The van der Waals surface area contributed by atoms with Crippen LogP contribution in [0.2, 0.25) is 0 Å². The van der Waals surface area contributed by atoms with Crippen LogP contribution in [0, 0.1) is 0 Å². The van der Waals surface area contributed by atoms with Gasteiger partial charge in [-0.1, -0.05) is 0 Å². The second kappa shape index (κ2) is 4.10. The lowest BCUT2D eigenvalue weighted by Gasteiger charge is -2.49. The van der Waals surface area contributed by atoms with Gasteiger partial charge >= 0.3 is 6.09 Å². The predicted molar refractivity (Wildman–Crippen MR) is 59.4 cm³/mol. The number of alkyl halides is 1. The van der Waals surface area contributed by atoms with E-state index in [1.807, 2.05) is 0 Å². The van der Waals surface area contributed by atoms with E-state index >= 15 is 0 Å². The molecule has 2 saturated heterocycles. The summed E-state index contributed by atoms with van der Waals surface area (Å²) in [5.74, 6) is 0. The lowest BCUT2D eigenvalue weighted by atomic mass is 9.95. The van der Waals surface area contributed by atoms with Crippen molar-refractivity contribution >= 4 is 6.09 Å². The molecule has 0 aliphatic carbocycles. The molecule has 0 aromatic carbocycles. The number of morpholine rings is 1. The Hall–Kier alpha value is -0.880. The second-order valence-electron chi connectivity index (χ2n) is 5.68. The Bertz CT molecular complexity index is 312. The van der Waals surface area contributed by atoms with Crippen molar-refractivity contribution in [2.24, 2.45) is 0 Å².